The smallest absolute Gasteiger partial charge is 0.251 e. The van der Waals surface area contributed by atoms with Crippen LogP contribution in [0.1, 0.15) is 41.9 Å². The molecule has 2 N–H and O–H groups in total. The summed E-state index contributed by atoms with van der Waals surface area (Å²) >= 11 is 1.33. The molecule has 7 nitrogen and oxygen atoms in total. The molecule has 1 amide bonds. The predicted molar refractivity (Wildman–Crippen MR) is 106 cm³/mol. The van der Waals surface area contributed by atoms with E-state index in [2.05, 4.69) is 27.2 Å². The van der Waals surface area contributed by atoms with Crippen LogP contribution in [0.15, 0.2) is 39.9 Å². The van der Waals surface area contributed by atoms with Crippen LogP contribution in [-0.4, -0.2) is 20.9 Å². The number of thiazole rings is 1. The number of aromatic amines is 1. The van der Waals surface area contributed by atoms with E-state index in [-0.39, 0.29) is 17.9 Å². The minimum atomic E-state index is -0.287. The number of nitrogens with zero attached hydrogens (tertiary/aromatic N) is 2. The van der Waals surface area contributed by atoms with Crippen LogP contribution in [0.4, 0.5) is 5.13 Å². The molecular formula is C19H20N4O3S. The molecule has 3 heterocycles. The van der Waals surface area contributed by atoms with Crippen LogP contribution in [0.5, 0.6) is 0 Å². The Balaban J connectivity index is 1.56. The maximum atomic E-state index is 12.1. The summed E-state index contributed by atoms with van der Waals surface area (Å²) in [6.45, 7) is 2.13. The van der Waals surface area contributed by atoms with Crippen molar-refractivity contribution >= 4 is 34.5 Å². The number of anilines is 1. The van der Waals surface area contributed by atoms with Crippen LogP contribution >= 0.6 is 11.3 Å². The third-order valence-electron chi connectivity index (χ3n) is 3.76. The van der Waals surface area contributed by atoms with Gasteiger partial charge in [0.2, 0.25) is 11.8 Å². The first-order valence-electron chi connectivity index (χ1n) is 8.69. The molecule has 3 aromatic rings. The van der Waals surface area contributed by atoms with Crippen molar-refractivity contribution < 1.29 is 9.21 Å². The van der Waals surface area contributed by atoms with Crippen LogP contribution < -0.4 is 10.9 Å². The van der Waals surface area contributed by atoms with E-state index >= 15 is 0 Å². The minimum Gasteiger partial charge on any atom is -0.442 e. The van der Waals surface area contributed by atoms with Crippen molar-refractivity contribution in [3.63, 3.8) is 0 Å². The lowest BCUT2D eigenvalue weighted by molar-refractivity contribution is -0.115. The average molecular weight is 384 g/mol. The van der Waals surface area contributed by atoms with Gasteiger partial charge in [0.1, 0.15) is 5.76 Å². The van der Waals surface area contributed by atoms with Gasteiger partial charge >= 0.3 is 0 Å². The highest BCUT2D eigenvalue weighted by atomic mass is 32.1. The van der Waals surface area contributed by atoms with Crippen molar-refractivity contribution in [2.75, 3.05) is 5.32 Å². The van der Waals surface area contributed by atoms with E-state index in [1.165, 1.54) is 17.5 Å². The fraction of sp³-hybridized carbons (Fsp3) is 0.263. The summed E-state index contributed by atoms with van der Waals surface area (Å²) in [7, 11) is 0. The van der Waals surface area contributed by atoms with Crippen LogP contribution in [-0.2, 0) is 17.6 Å². The number of carbonyl (C=O) groups excluding carboxylic acids is 1. The second-order valence-electron chi connectivity index (χ2n) is 5.92. The van der Waals surface area contributed by atoms with Gasteiger partial charge in [-0.2, -0.15) is 0 Å². The number of carbonyl (C=O) groups is 1. The number of nitrogens with one attached hydrogen (secondary N) is 2. The number of pyridine rings is 1. The normalized spacial score (nSPS) is 11.1. The fourth-order valence-corrected chi connectivity index (χ4v) is 3.11. The third-order valence-corrected chi connectivity index (χ3v) is 4.64. The standard InChI is InChI=1S/C19H20N4O3S/c1-2-3-6-14-11-21-17(26-14)8-7-15-12-22-19(27-15)23-16(24)10-13-5-4-9-20-18(13)25/h4-5,7-9,11-12H,2-3,6,10H2,1H3,(H,20,25)(H,22,23,24)/b8-7+. The van der Waals surface area contributed by atoms with Gasteiger partial charge in [-0.25, -0.2) is 9.97 Å². The summed E-state index contributed by atoms with van der Waals surface area (Å²) in [4.78, 5) is 35.5. The molecule has 0 radical (unpaired) electrons. The van der Waals surface area contributed by atoms with E-state index in [9.17, 15) is 9.59 Å². The minimum absolute atomic E-state index is 0.00220. The summed E-state index contributed by atoms with van der Waals surface area (Å²) in [5.74, 6) is 1.14. The molecule has 0 aromatic carbocycles. The van der Waals surface area contributed by atoms with Crippen molar-refractivity contribution in [1.29, 1.82) is 0 Å². The highest BCUT2D eigenvalue weighted by Crippen LogP contribution is 2.21. The van der Waals surface area contributed by atoms with Gasteiger partial charge in [0.15, 0.2) is 5.13 Å². The molecule has 27 heavy (non-hydrogen) atoms. The van der Waals surface area contributed by atoms with Gasteiger partial charge in [-0.05, 0) is 18.6 Å². The van der Waals surface area contributed by atoms with Crippen molar-refractivity contribution in [2.45, 2.75) is 32.6 Å². The van der Waals surface area contributed by atoms with Gasteiger partial charge in [0.05, 0.1) is 12.6 Å². The van der Waals surface area contributed by atoms with E-state index in [0.717, 1.165) is 29.9 Å². The molecule has 0 aliphatic carbocycles. The van der Waals surface area contributed by atoms with Gasteiger partial charge in [0, 0.05) is 35.3 Å². The number of hydrogen-bond donors (Lipinski definition) is 2. The number of oxazole rings is 1. The summed E-state index contributed by atoms with van der Waals surface area (Å²) < 4.78 is 5.64. The zero-order valence-corrected chi connectivity index (χ0v) is 15.7. The number of unbranched alkanes of at least 4 members (excludes halogenated alkanes) is 1. The monoisotopic (exact) mass is 384 g/mol. The Kier molecular flexibility index (Phi) is 6.32. The molecular weight excluding hydrogens is 364 g/mol. The predicted octanol–water partition coefficient (Wildman–Crippen LogP) is 3.51. The zero-order chi connectivity index (χ0) is 19.1. The molecule has 0 spiro atoms. The Morgan fingerprint density at radius 3 is 3.04 bits per heavy atom. The lowest BCUT2D eigenvalue weighted by Crippen LogP contribution is -2.20. The molecule has 0 aliphatic rings. The summed E-state index contributed by atoms with van der Waals surface area (Å²) in [6, 6.07) is 3.31. The van der Waals surface area contributed by atoms with Crippen LogP contribution in [0, 0.1) is 0 Å². The number of aromatic nitrogens is 3. The van der Waals surface area contributed by atoms with E-state index < -0.39 is 0 Å². The number of hydrogen-bond acceptors (Lipinski definition) is 6. The van der Waals surface area contributed by atoms with Crippen LogP contribution in [0.25, 0.3) is 12.2 Å². The van der Waals surface area contributed by atoms with Gasteiger partial charge in [0.25, 0.3) is 5.56 Å². The molecule has 8 heteroatoms. The molecule has 0 saturated carbocycles. The van der Waals surface area contributed by atoms with Crippen LogP contribution in [0.3, 0.4) is 0 Å². The molecule has 0 saturated heterocycles. The fourth-order valence-electron chi connectivity index (χ4n) is 2.37. The maximum Gasteiger partial charge on any atom is 0.251 e. The van der Waals surface area contributed by atoms with Gasteiger partial charge < -0.3 is 14.7 Å². The number of aryl methyl sites for hydroxylation is 1. The summed E-state index contributed by atoms with van der Waals surface area (Å²) in [5, 5.41) is 3.18. The first-order valence-corrected chi connectivity index (χ1v) is 9.50. The number of amides is 1. The van der Waals surface area contributed by atoms with Crippen molar-refractivity contribution in [3.05, 3.63) is 63.2 Å². The highest BCUT2D eigenvalue weighted by Gasteiger charge is 2.09. The molecule has 0 unspecified atom stereocenters. The molecule has 0 aliphatic heterocycles. The molecule has 140 valence electrons. The van der Waals surface area contributed by atoms with E-state index in [1.54, 1.807) is 30.6 Å². The lowest BCUT2D eigenvalue weighted by Gasteiger charge is -2.00. The highest BCUT2D eigenvalue weighted by molar-refractivity contribution is 7.16. The Hall–Kier alpha value is -3.00. The third kappa shape index (κ3) is 5.49. The first kappa shape index (κ1) is 18.8. The number of H-pyrrole nitrogens is 1. The largest absolute Gasteiger partial charge is 0.442 e. The molecule has 3 rings (SSSR count). The average Bonchev–Trinajstić information content (AvgIpc) is 3.29. The maximum absolute atomic E-state index is 12.1. The summed E-state index contributed by atoms with van der Waals surface area (Å²) in [5.41, 5.74) is 0.147. The van der Waals surface area contributed by atoms with Gasteiger partial charge in [-0.1, -0.05) is 30.7 Å². The molecule has 0 atom stereocenters. The Morgan fingerprint density at radius 1 is 1.33 bits per heavy atom. The van der Waals surface area contributed by atoms with Gasteiger partial charge in [-0.15, -0.1) is 0 Å². The quantitative estimate of drug-likeness (QED) is 0.619. The van der Waals surface area contributed by atoms with Gasteiger partial charge in [-0.3, -0.25) is 9.59 Å². The molecule has 0 fully saturated rings. The van der Waals surface area contributed by atoms with Crippen LogP contribution in [0.2, 0.25) is 0 Å². The van der Waals surface area contributed by atoms with E-state index in [0.29, 0.717) is 16.6 Å². The topological polar surface area (TPSA) is 101 Å². The van der Waals surface area contributed by atoms with Crippen molar-refractivity contribution in [2.24, 2.45) is 0 Å². The molecule has 3 aromatic heterocycles. The van der Waals surface area contributed by atoms with E-state index in [4.69, 9.17) is 4.42 Å². The Morgan fingerprint density at radius 2 is 2.22 bits per heavy atom. The van der Waals surface area contributed by atoms with Crippen molar-refractivity contribution in [1.82, 2.24) is 15.0 Å². The SMILES string of the molecule is CCCCc1cnc(/C=C/c2cnc(NC(=O)Cc3ccc[nH]c3=O)s2)o1. The van der Waals surface area contributed by atoms with E-state index in [1.807, 2.05) is 6.08 Å². The Bertz CT molecular complexity index is 987. The first-order chi connectivity index (χ1) is 13.1. The summed E-state index contributed by atoms with van der Waals surface area (Å²) in [6.07, 6.45) is 11.6. The second-order valence-corrected chi connectivity index (χ2v) is 6.98. The zero-order valence-electron chi connectivity index (χ0n) is 14.9. The number of rotatable bonds is 8. The second kappa shape index (κ2) is 9.09. The lowest BCUT2D eigenvalue weighted by atomic mass is 10.2. The Labute approximate surface area is 160 Å². The van der Waals surface area contributed by atoms with Crippen molar-refractivity contribution in [3.8, 4) is 0 Å². The molecule has 0 bridgehead atoms.